The molecule has 0 saturated heterocycles. The molecule has 0 saturated carbocycles. The van der Waals surface area contributed by atoms with Crippen LogP contribution in [0.25, 0.3) is 0 Å². The molecular formula is C12H14NNaS. The van der Waals surface area contributed by atoms with Crippen molar-refractivity contribution in [2.45, 2.75) is 6.42 Å². The van der Waals surface area contributed by atoms with Gasteiger partial charge in [-0.25, -0.2) is 0 Å². The molecule has 2 aromatic rings. The van der Waals surface area contributed by atoms with Gasteiger partial charge in [0.1, 0.15) is 0 Å². The molecular weight excluding hydrogens is 213 g/mol. The van der Waals surface area contributed by atoms with Crippen molar-refractivity contribution in [1.29, 1.82) is 0 Å². The molecule has 0 aliphatic carbocycles. The van der Waals surface area contributed by atoms with Crippen molar-refractivity contribution in [1.82, 2.24) is 4.98 Å². The van der Waals surface area contributed by atoms with Gasteiger partial charge in [-0.1, -0.05) is 36.4 Å². The van der Waals surface area contributed by atoms with Crippen LogP contribution in [0.5, 0.6) is 0 Å². The van der Waals surface area contributed by atoms with Crippen LogP contribution in [0.4, 0.5) is 0 Å². The molecule has 0 spiro atoms. The van der Waals surface area contributed by atoms with E-state index < -0.39 is 0 Å². The molecule has 0 N–H and O–H groups in total. The minimum Gasteiger partial charge on any atom is -0.261 e. The molecule has 0 bridgehead atoms. The number of aromatic nitrogens is 1. The van der Waals surface area contributed by atoms with E-state index in [1.165, 1.54) is 5.56 Å². The monoisotopic (exact) mass is 227 g/mol. The summed E-state index contributed by atoms with van der Waals surface area (Å²) in [6, 6.07) is 16.4. The van der Waals surface area contributed by atoms with Gasteiger partial charge in [0, 0.05) is 18.3 Å². The Hall–Kier alpha value is -0.280. The maximum Gasteiger partial charge on any atom is 0.0447 e. The van der Waals surface area contributed by atoms with Crippen molar-refractivity contribution < 1.29 is 0 Å². The van der Waals surface area contributed by atoms with E-state index in [4.69, 9.17) is 0 Å². The van der Waals surface area contributed by atoms with E-state index in [2.05, 4.69) is 29.2 Å². The average molecular weight is 227 g/mol. The Morgan fingerprint density at radius 1 is 0.867 bits per heavy atom. The molecule has 0 radical (unpaired) electrons. The smallest absolute Gasteiger partial charge is 0.0447 e. The molecule has 3 heteroatoms. The Kier molecular flexibility index (Phi) is 7.79. The van der Waals surface area contributed by atoms with Crippen molar-refractivity contribution in [2.24, 2.45) is 0 Å². The minimum absolute atomic E-state index is 0. The molecule has 1 aromatic heterocycles. The summed E-state index contributed by atoms with van der Waals surface area (Å²) < 4.78 is 0. The van der Waals surface area contributed by atoms with Gasteiger partial charge >= 0.3 is 29.6 Å². The maximum atomic E-state index is 4.27. The number of nitrogens with zero attached hydrogens (tertiary/aromatic N) is 1. The van der Waals surface area contributed by atoms with Gasteiger partial charge in [0.2, 0.25) is 0 Å². The third kappa shape index (κ3) is 4.85. The standard InChI is InChI=1S/C12H11N.Na.H2S.H/c1-2-6-11(7-3-1)10-12-8-4-5-9-13-12;;;/h1-9H,10H2;;1H2;. The van der Waals surface area contributed by atoms with Gasteiger partial charge in [-0.2, -0.15) is 13.5 Å². The summed E-state index contributed by atoms with van der Waals surface area (Å²) >= 11 is 0. The molecule has 0 atom stereocenters. The van der Waals surface area contributed by atoms with Gasteiger partial charge in [-0.15, -0.1) is 0 Å². The Morgan fingerprint density at radius 3 is 2.13 bits per heavy atom. The molecule has 1 nitrogen and oxygen atoms in total. The Bertz CT molecular complexity index is 326. The van der Waals surface area contributed by atoms with Crippen molar-refractivity contribution >= 4 is 43.1 Å². The van der Waals surface area contributed by atoms with Gasteiger partial charge < -0.3 is 0 Å². The zero-order valence-corrected chi connectivity index (χ0v) is 8.85. The van der Waals surface area contributed by atoms with Crippen LogP contribution in [0, 0.1) is 0 Å². The third-order valence-electron chi connectivity index (χ3n) is 1.95. The number of hydrogen-bond acceptors (Lipinski definition) is 1. The topological polar surface area (TPSA) is 12.9 Å². The van der Waals surface area contributed by atoms with Crippen molar-refractivity contribution in [3.8, 4) is 0 Å². The normalized spacial score (nSPS) is 8.53. The third-order valence-corrected chi connectivity index (χ3v) is 1.95. The molecule has 0 fully saturated rings. The van der Waals surface area contributed by atoms with Gasteiger partial charge in [-0.3, -0.25) is 4.98 Å². The predicted octanol–water partition coefficient (Wildman–Crippen LogP) is 2.14. The van der Waals surface area contributed by atoms with Gasteiger partial charge in [0.05, 0.1) is 0 Å². The van der Waals surface area contributed by atoms with Crippen LogP contribution in [0.1, 0.15) is 11.3 Å². The Morgan fingerprint density at radius 2 is 1.53 bits per heavy atom. The van der Waals surface area contributed by atoms with E-state index in [0.717, 1.165) is 12.1 Å². The molecule has 0 aliphatic rings. The first kappa shape index (κ1) is 14.7. The van der Waals surface area contributed by atoms with E-state index in [1.807, 2.05) is 30.5 Å². The quantitative estimate of drug-likeness (QED) is 0.716. The summed E-state index contributed by atoms with van der Waals surface area (Å²) in [5.74, 6) is 0. The zero-order valence-electron chi connectivity index (χ0n) is 7.85. The first-order valence-corrected chi connectivity index (χ1v) is 4.39. The molecule has 1 heterocycles. The Balaban J connectivity index is 0.000000980. The number of pyridine rings is 1. The van der Waals surface area contributed by atoms with E-state index in [1.54, 1.807) is 0 Å². The SMILES string of the molecule is S.[NaH].c1ccc(Cc2ccccn2)cc1. The second-order valence-corrected chi connectivity index (χ2v) is 2.98. The first-order chi connectivity index (χ1) is 6.45. The zero-order chi connectivity index (χ0) is 8.93. The van der Waals surface area contributed by atoms with Crippen LogP contribution in [0.2, 0.25) is 0 Å². The summed E-state index contributed by atoms with van der Waals surface area (Å²) in [6.45, 7) is 0. The van der Waals surface area contributed by atoms with Gasteiger partial charge in [0.25, 0.3) is 0 Å². The second kappa shape index (κ2) is 7.94. The van der Waals surface area contributed by atoms with E-state index >= 15 is 0 Å². The van der Waals surface area contributed by atoms with Crippen LogP contribution < -0.4 is 0 Å². The molecule has 0 unspecified atom stereocenters. The summed E-state index contributed by atoms with van der Waals surface area (Å²) in [5.41, 5.74) is 2.43. The van der Waals surface area contributed by atoms with E-state index in [9.17, 15) is 0 Å². The van der Waals surface area contributed by atoms with Crippen LogP contribution in [0.3, 0.4) is 0 Å². The van der Waals surface area contributed by atoms with Crippen LogP contribution >= 0.6 is 13.5 Å². The van der Waals surface area contributed by atoms with Gasteiger partial charge in [0.15, 0.2) is 0 Å². The second-order valence-electron chi connectivity index (χ2n) is 2.98. The number of hydrogen-bond donors (Lipinski definition) is 0. The average Bonchev–Trinajstić information content (AvgIpc) is 2.21. The van der Waals surface area contributed by atoms with Crippen molar-refractivity contribution in [2.75, 3.05) is 0 Å². The van der Waals surface area contributed by atoms with Gasteiger partial charge in [-0.05, 0) is 17.7 Å². The summed E-state index contributed by atoms with van der Waals surface area (Å²) in [5, 5.41) is 0. The minimum atomic E-state index is 0. The fraction of sp³-hybridized carbons (Fsp3) is 0.0833. The van der Waals surface area contributed by atoms with Crippen LogP contribution in [-0.2, 0) is 6.42 Å². The molecule has 74 valence electrons. The van der Waals surface area contributed by atoms with E-state index in [-0.39, 0.29) is 43.1 Å². The number of rotatable bonds is 2. The molecule has 0 amide bonds. The summed E-state index contributed by atoms with van der Waals surface area (Å²) in [4.78, 5) is 4.27. The molecule has 0 aliphatic heterocycles. The summed E-state index contributed by atoms with van der Waals surface area (Å²) in [6.07, 6.45) is 2.75. The largest absolute Gasteiger partial charge is 0.261 e. The maximum absolute atomic E-state index is 4.27. The van der Waals surface area contributed by atoms with E-state index in [0.29, 0.717) is 0 Å². The molecule has 15 heavy (non-hydrogen) atoms. The van der Waals surface area contributed by atoms with Crippen LogP contribution in [0.15, 0.2) is 54.7 Å². The molecule has 2 rings (SSSR count). The van der Waals surface area contributed by atoms with Crippen molar-refractivity contribution in [3.63, 3.8) is 0 Å². The fourth-order valence-corrected chi connectivity index (χ4v) is 1.31. The fourth-order valence-electron chi connectivity index (χ4n) is 1.31. The van der Waals surface area contributed by atoms with Crippen molar-refractivity contribution in [3.05, 3.63) is 66.0 Å². The molecule has 1 aromatic carbocycles. The summed E-state index contributed by atoms with van der Waals surface area (Å²) in [7, 11) is 0. The number of benzene rings is 1. The predicted molar refractivity (Wildman–Crippen MR) is 71.0 cm³/mol. The van der Waals surface area contributed by atoms with Crippen LogP contribution in [-0.4, -0.2) is 34.5 Å². The Labute approximate surface area is 120 Å². The first-order valence-electron chi connectivity index (χ1n) is 4.39.